The molecule has 0 aliphatic carbocycles. The molecule has 0 fully saturated rings. The van der Waals surface area contributed by atoms with E-state index in [1.807, 2.05) is 31.2 Å². The number of aliphatic hydroxyl groups is 1. The van der Waals surface area contributed by atoms with Crippen molar-refractivity contribution in [1.29, 1.82) is 0 Å². The van der Waals surface area contributed by atoms with Gasteiger partial charge in [0.05, 0.1) is 13.2 Å². The van der Waals surface area contributed by atoms with Crippen molar-refractivity contribution in [1.82, 2.24) is 0 Å². The predicted molar refractivity (Wildman–Crippen MR) is 77.5 cm³/mol. The zero-order chi connectivity index (χ0) is 14.1. The van der Waals surface area contributed by atoms with Gasteiger partial charge in [0, 0.05) is 12.2 Å². The second kappa shape index (κ2) is 8.94. The minimum atomic E-state index is -0.628. The fourth-order valence-corrected chi connectivity index (χ4v) is 2.09. The fraction of sp³-hybridized carbons (Fsp3) is 0.625. The van der Waals surface area contributed by atoms with Crippen molar-refractivity contribution in [2.45, 2.75) is 39.7 Å². The van der Waals surface area contributed by atoms with Crippen LogP contribution in [0.25, 0.3) is 0 Å². The third kappa shape index (κ3) is 5.62. The van der Waals surface area contributed by atoms with Gasteiger partial charge in [-0.25, -0.2) is 0 Å². The molecule has 0 aliphatic heterocycles. The molecule has 0 amide bonds. The molecule has 0 heterocycles. The number of hydrogen-bond acceptors (Lipinski definition) is 3. The first-order valence-corrected chi connectivity index (χ1v) is 7.16. The summed E-state index contributed by atoms with van der Waals surface area (Å²) in [4.78, 5) is 0. The monoisotopic (exact) mass is 266 g/mol. The van der Waals surface area contributed by atoms with Gasteiger partial charge in [0.2, 0.25) is 0 Å². The molecule has 108 valence electrons. The van der Waals surface area contributed by atoms with E-state index >= 15 is 0 Å². The van der Waals surface area contributed by atoms with Crippen molar-refractivity contribution < 1.29 is 14.6 Å². The van der Waals surface area contributed by atoms with E-state index in [0.29, 0.717) is 25.7 Å². The molecule has 0 saturated carbocycles. The average molecular weight is 266 g/mol. The molecular formula is C16H26O3. The van der Waals surface area contributed by atoms with Crippen LogP contribution in [0.5, 0.6) is 5.75 Å². The van der Waals surface area contributed by atoms with Crippen LogP contribution < -0.4 is 4.74 Å². The zero-order valence-corrected chi connectivity index (χ0v) is 12.3. The Bertz CT molecular complexity index is 352. The largest absolute Gasteiger partial charge is 0.493 e. The molecule has 0 bridgehead atoms. The molecule has 1 aromatic carbocycles. The van der Waals surface area contributed by atoms with Gasteiger partial charge in [-0.3, -0.25) is 0 Å². The van der Waals surface area contributed by atoms with Crippen molar-refractivity contribution in [3.8, 4) is 5.75 Å². The third-order valence-corrected chi connectivity index (χ3v) is 3.04. The van der Waals surface area contributed by atoms with Crippen molar-refractivity contribution in [2.75, 3.05) is 19.8 Å². The van der Waals surface area contributed by atoms with Gasteiger partial charge in [0.25, 0.3) is 0 Å². The fourth-order valence-electron chi connectivity index (χ4n) is 2.09. The van der Waals surface area contributed by atoms with E-state index < -0.39 is 6.10 Å². The van der Waals surface area contributed by atoms with Crippen LogP contribution in [0.4, 0.5) is 0 Å². The first-order chi connectivity index (χ1) is 9.19. The summed E-state index contributed by atoms with van der Waals surface area (Å²) in [6.45, 7) is 7.89. The topological polar surface area (TPSA) is 38.7 Å². The zero-order valence-electron chi connectivity index (χ0n) is 12.3. The maximum atomic E-state index is 10.2. The van der Waals surface area contributed by atoms with Crippen molar-refractivity contribution in [3.05, 3.63) is 29.8 Å². The van der Waals surface area contributed by atoms with Gasteiger partial charge in [0.15, 0.2) is 0 Å². The number of benzene rings is 1. The van der Waals surface area contributed by atoms with E-state index in [9.17, 15) is 5.11 Å². The number of hydrogen-bond donors (Lipinski definition) is 1. The minimum absolute atomic E-state index is 0.318. The Morgan fingerprint density at radius 1 is 1.16 bits per heavy atom. The lowest BCUT2D eigenvalue weighted by molar-refractivity contribution is 0.0203. The highest BCUT2D eigenvalue weighted by Gasteiger charge is 2.13. The van der Waals surface area contributed by atoms with Crippen LogP contribution in [-0.4, -0.2) is 24.9 Å². The Kier molecular flexibility index (Phi) is 7.53. The highest BCUT2D eigenvalue weighted by molar-refractivity contribution is 5.35. The van der Waals surface area contributed by atoms with Crippen LogP contribution in [0.2, 0.25) is 0 Å². The molecular weight excluding hydrogens is 240 g/mol. The maximum Gasteiger partial charge on any atom is 0.125 e. The second-order valence-corrected chi connectivity index (χ2v) is 4.92. The Balaban J connectivity index is 2.46. The van der Waals surface area contributed by atoms with Crippen molar-refractivity contribution >= 4 is 0 Å². The molecule has 0 saturated heterocycles. The summed E-state index contributed by atoms with van der Waals surface area (Å²) >= 11 is 0. The molecule has 2 unspecified atom stereocenters. The van der Waals surface area contributed by atoms with E-state index in [1.165, 1.54) is 6.42 Å². The first kappa shape index (κ1) is 16.0. The van der Waals surface area contributed by atoms with Crippen LogP contribution in [-0.2, 0) is 4.74 Å². The van der Waals surface area contributed by atoms with Gasteiger partial charge < -0.3 is 14.6 Å². The van der Waals surface area contributed by atoms with Gasteiger partial charge in [-0.2, -0.15) is 0 Å². The molecule has 1 aromatic rings. The minimum Gasteiger partial charge on any atom is -0.493 e. The van der Waals surface area contributed by atoms with Gasteiger partial charge in [-0.1, -0.05) is 38.5 Å². The summed E-state index contributed by atoms with van der Waals surface area (Å²) in [5, 5.41) is 10.2. The Hall–Kier alpha value is -1.06. The number of rotatable bonds is 9. The lowest BCUT2D eigenvalue weighted by Crippen LogP contribution is -2.13. The van der Waals surface area contributed by atoms with Gasteiger partial charge in [-0.15, -0.1) is 0 Å². The van der Waals surface area contributed by atoms with Crippen LogP contribution in [0.3, 0.4) is 0 Å². The van der Waals surface area contributed by atoms with Crippen LogP contribution in [0, 0.1) is 5.92 Å². The Morgan fingerprint density at radius 2 is 1.89 bits per heavy atom. The summed E-state index contributed by atoms with van der Waals surface area (Å²) in [5.74, 6) is 1.28. The lowest BCUT2D eigenvalue weighted by Gasteiger charge is -2.17. The molecule has 19 heavy (non-hydrogen) atoms. The Morgan fingerprint density at radius 3 is 2.58 bits per heavy atom. The number of ether oxygens (including phenoxy) is 2. The van der Waals surface area contributed by atoms with Crippen LogP contribution in [0.1, 0.15) is 45.3 Å². The molecule has 1 rings (SSSR count). The van der Waals surface area contributed by atoms with Crippen molar-refractivity contribution in [2.24, 2.45) is 5.92 Å². The van der Waals surface area contributed by atoms with E-state index in [4.69, 9.17) is 9.47 Å². The predicted octanol–water partition coefficient (Wildman–Crippen LogP) is 3.57. The molecule has 0 spiro atoms. The molecule has 3 heteroatoms. The van der Waals surface area contributed by atoms with Gasteiger partial charge in [-0.05, 0) is 25.3 Å². The molecule has 0 aromatic heterocycles. The van der Waals surface area contributed by atoms with E-state index in [1.54, 1.807) is 0 Å². The summed E-state index contributed by atoms with van der Waals surface area (Å²) < 4.78 is 11.1. The molecule has 0 aliphatic rings. The van der Waals surface area contributed by atoms with Crippen molar-refractivity contribution in [3.63, 3.8) is 0 Å². The van der Waals surface area contributed by atoms with Gasteiger partial charge >= 0.3 is 0 Å². The normalized spacial score (nSPS) is 14.1. The Labute approximate surface area is 116 Å². The lowest BCUT2D eigenvalue weighted by atomic mass is 10.1. The van der Waals surface area contributed by atoms with E-state index in [-0.39, 0.29) is 0 Å². The molecule has 2 atom stereocenters. The number of aliphatic hydroxyl groups excluding tert-OH is 1. The van der Waals surface area contributed by atoms with E-state index in [0.717, 1.165) is 17.7 Å². The van der Waals surface area contributed by atoms with Crippen LogP contribution >= 0.6 is 0 Å². The summed E-state index contributed by atoms with van der Waals surface area (Å²) in [5.41, 5.74) is 0.799. The second-order valence-electron chi connectivity index (χ2n) is 4.92. The van der Waals surface area contributed by atoms with E-state index in [2.05, 4.69) is 13.8 Å². The molecule has 3 nitrogen and oxygen atoms in total. The first-order valence-electron chi connectivity index (χ1n) is 7.16. The quantitative estimate of drug-likeness (QED) is 0.742. The van der Waals surface area contributed by atoms with Gasteiger partial charge in [0.1, 0.15) is 11.9 Å². The highest BCUT2D eigenvalue weighted by Crippen LogP contribution is 2.25. The number of para-hydroxylation sites is 1. The maximum absolute atomic E-state index is 10.2. The SMILES string of the molecule is CCCC(C)COCC(O)c1ccccc1OCC. The van der Waals surface area contributed by atoms with Crippen LogP contribution in [0.15, 0.2) is 24.3 Å². The smallest absolute Gasteiger partial charge is 0.125 e. The summed E-state index contributed by atoms with van der Waals surface area (Å²) in [6, 6.07) is 7.57. The molecule has 1 N–H and O–H groups in total. The standard InChI is InChI=1S/C16H26O3/c1-4-8-13(3)11-18-12-15(17)14-9-6-7-10-16(14)19-5-2/h6-7,9-10,13,15,17H,4-5,8,11-12H2,1-3H3. The highest BCUT2D eigenvalue weighted by atomic mass is 16.5. The molecule has 0 radical (unpaired) electrons. The average Bonchev–Trinajstić information content (AvgIpc) is 2.40. The summed E-state index contributed by atoms with van der Waals surface area (Å²) in [6.07, 6.45) is 1.70. The summed E-state index contributed by atoms with van der Waals surface area (Å²) in [7, 11) is 0. The third-order valence-electron chi connectivity index (χ3n) is 3.04.